The minimum Gasteiger partial charge on any atom is -0.419 e. The van der Waals surface area contributed by atoms with Crippen molar-refractivity contribution in [2.45, 2.75) is 19.9 Å². The van der Waals surface area contributed by atoms with Gasteiger partial charge in [-0.05, 0) is 44.5 Å². The fourth-order valence-electron chi connectivity index (χ4n) is 2.57. The monoisotopic (exact) mass is 272 g/mol. The average Bonchev–Trinajstić information content (AvgIpc) is 3.09. The summed E-state index contributed by atoms with van der Waals surface area (Å²) >= 11 is 0. The van der Waals surface area contributed by atoms with Gasteiger partial charge >= 0.3 is 0 Å². The van der Waals surface area contributed by atoms with E-state index in [1.54, 1.807) is 0 Å². The molecule has 1 unspecified atom stereocenters. The third kappa shape index (κ3) is 2.89. The maximum atomic E-state index is 5.75. The molecule has 1 saturated heterocycles. The van der Waals surface area contributed by atoms with E-state index in [0.29, 0.717) is 17.7 Å². The largest absolute Gasteiger partial charge is 0.419 e. The summed E-state index contributed by atoms with van der Waals surface area (Å²) in [6.45, 7) is 5.62. The molecule has 5 nitrogen and oxygen atoms in total. The molecule has 5 heteroatoms. The maximum Gasteiger partial charge on any atom is 0.247 e. The van der Waals surface area contributed by atoms with E-state index in [4.69, 9.17) is 10.2 Å². The highest BCUT2D eigenvalue weighted by atomic mass is 16.4. The van der Waals surface area contributed by atoms with Gasteiger partial charge in [0.05, 0.1) is 6.54 Å². The third-order valence-electron chi connectivity index (χ3n) is 3.83. The topological polar surface area (TPSA) is 68.2 Å². The Morgan fingerprint density at radius 1 is 1.30 bits per heavy atom. The molecule has 3 rings (SSSR count). The van der Waals surface area contributed by atoms with Crippen molar-refractivity contribution in [3.63, 3.8) is 0 Å². The summed E-state index contributed by atoms with van der Waals surface area (Å²) in [6.07, 6.45) is 1.16. The lowest BCUT2D eigenvalue weighted by Crippen LogP contribution is -2.22. The van der Waals surface area contributed by atoms with Gasteiger partial charge in [-0.3, -0.25) is 4.90 Å². The molecule has 1 aromatic heterocycles. The summed E-state index contributed by atoms with van der Waals surface area (Å²) in [6, 6.07) is 8.11. The fourth-order valence-corrected chi connectivity index (χ4v) is 2.57. The summed E-state index contributed by atoms with van der Waals surface area (Å²) < 4.78 is 5.75. The molecule has 1 aromatic carbocycles. The molecule has 2 heterocycles. The lowest BCUT2D eigenvalue weighted by Gasteiger charge is -2.12. The molecule has 106 valence electrons. The van der Waals surface area contributed by atoms with E-state index >= 15 is 0 Å². The number of nitrogens with two attached hydrogens (primary N) is 1. The standard InChI is InChI=1S/C15H20N4O/c1-11-2-4-13(5-3-11)15-18-17-14(20-15)10-19-7-6-12(8-16)9-19/h2-5,12H,6-10,16H2,1H3. The molecule has 1 aliphatic heterocycles. The minimum absolute atomic E-state index is 0.592. The lowest BCUT2D eigenvalue weighted by atomic mass is 10.1. The Morgan fingerprint density at radius 2 is 2.10 bits per heavy atom. The zero-order valence-electron chi connectivity index (χ0n) is 11.7. The van der Waals surface area contributed by atoms with Crippen LogP contribution in [-0.4, -0.2) is 34.7 Å². The zero-order valence-corrected chi connectivity index (χ0v) is 11.7. The Hall–Kier alpha value is -1.72. The highest BCUT2D eigenvalue weighted by molar-refractivity contribution is 5.52. The van der Waals surface area contributed by atoms with E-state index in [0.717, 1.165) is 38.2 Å². The Labute approximate surface area is 118 Å². The van der Waals surface area contributed by atoms with Crippen LogP contribution in [0.5, 0.6) is 0 Å². The Morgan fingerprint density at radius 3 is 2.80 bits per heavy atom. The van der Waals surface area contributed by atoms with Crippen LogP contribution in [0.2, 0.25) is 0 Å². The van der Waals surface area contributed by atoms with Gasteiger partial charge in [-0.2, -0.15) is 0 Å². The molecule has 0 amide bonds. The van der Waals surface area contributed by atoms with E-state index in [1.165, 1.54) is 5.56 Å². The number of hydrogen-bond donors (Lipinski definition) is 1. The van der Waals surface area contributed by atoms with Gasteiger partial charge in [0.25, 0.3) is 0 Å². The first kappa shape index (κ1) is 13.3. The number of benzene rings is 1. The van der Waals surface area contributed by atoms with Crippen molar-refractivity contribution in [3.05, 3.63) is 35.7 Å². The number of likely N-dealkylation sites (tertiary alicyclic amines) is 1. The van der Waals surface area contributed by atoms with Crippen LogP contribution in [0.25, 0.3) is 11.5 Å². The van der Waals surface area contributed by atoms with Crippen LogP contribution in [0.4, 0.5) is 0 Å². The summed E-state index contributed by atoms with van der Waals surface area (Å²) in [7, 11) is 0. The van der Waals surface area contributed by atoms with Crippen molar-refractivity contribution in [3.8, 4) is 11.5 Å². The Bertz CT molecular complexity index is 564. The van der Waals surface area contributed by atoms with Crippen LogP contribution in [0.15, 0.2) is 28.7 Å². The van der Waals surface area contributed by atoms with E-state index in [9.17, 15) is 0 Å². The second-order valence-electron chi connectivity index (χ2n) is 5.49. The number of aromatic nitrogens is 2. The van der Waals surface area contributed by atoms with Crippen LogP contribution in [-0.2, 0) is 6.54 Å². The van der Waals surface area contributed by atoms with E-state index in [-0.39, 0.29) is 0 Å². The molecule has 0 bridgehead atoms. The molecule has 1 atom stereocenters. The van der Waals surface area contributed by atoms with Gasteiger partial charge < -0.3 is 10.2 Å². The first-order chi connectivity index (χ1) is 9.74. The van der Waals surface area contributed by atoms with Gasteiger partial charge in [-0.25, -0.2) is 0 Å². The van der Waals surface area contributed by atoms with Crippen molar-refractivity contribution in [1.82, 2.24) is 15.1 Å². The Kier molecular flexibility index (Phi) is 3.80. The number of rotatable bonds is 4. The molecule has 20 heavy (non-hydrogen) atoms. The van der Waals surface area contributed by atoms with Crippen molar-refractivity contribution in [2.75, 3.05) is 19.6 Å². The number of hydrogen-bond acceptors (Lipinski definition) is 5. The van der Waals surface area contributed by atoms with Crippen molar-refractivity contribution >= 4 is 0 Å². The zero-order chi connectivity index (χ0) is 13.9. The highest BCUT2D eigenvalue weighted by Crippen LogP contribution is 2.21. The molecule has 0 radical (unpaired) electrons. The van der Waals surface area contributed by atoms with Crippen LogP contribution in [0, 0.1) is 12.8 Å². The third-order valence-corrected chi connectivity index (χ3v) is 3.83. The van der Waals surface area contributed by atoms with Gasteiger partial charge in [0.1, 0.15) is 0 Å². The van der Waals surface area contributed by atoms with Crippen molar-refractivity contribution in [2.24, 2.45) is 11.7 Å². The van der Waals surface area contributed by atoms with Gasteiger partial charge in [0, 0.05) is 12.1 Å². The molecule has 2 N–H and O–H groups in total. The molecular formula is C15H20N4O. The van der Waals surface area contributed by atoms with Gasteiger partial charge in [-0.15, -0.1) is 10.2 Å². The van der Waals surface area contributed by atoms with Gasteiger partial charge in [0.2, 0.25) is 11.8 Å². The molecule has 0 aliphatic carbocycles. The van der Waals surface area contributed by atoms with Crippen molar-refractivity contribution < 1.29 is 4.42 Å². The predicted octanol–water partition coefficient (Wildman–Crippen LogP) is 1.83. The maximum absolute atomic E-state index is 5.75. The lowest BCUT2D eigenvalue weighted by molar-refractivity contribution is 0.282. The normalized spacial score (nSPS) is 19.6. The number of nitrogens with zero attached hydrogens (tertiary/aromatic N) is 3. The SMILES string of the molecule is Cc1ccc(-c2nnc(CN3CCC(CN)C3)o2)cc1. The van der Waals surface area contributed by atoms with Crippen LogP contribution < -0.4 is 5.73 Å². The smallest absolute Gasteiger partial charge is 0.247 e. The van der Waals surface area contributed by atoms with E-state index < -0.39 is 0 Å². The average molecular weight is 272 g/mol. The molecule has 1 fully saturated rings. The summed E-state index contributed by atoms with van der Waals surface area (Å²) in [5.74, 6) is 1.88. The number of aryl methyl sites for hydroxylation is 1. The predicted molar refractivity (Wildman–Crippen MR) is 76.9 cm³/mol. The first-order valence-electron chi connectivity index (χ1n) is 7.06. The first-order valence-corrected chi connectivity index (χ1v) is 7.06. The molecule has 0 saturated carbocycles. The second kappa shape index (κ2) is 5.73. The molecule has 0 spiro atoms. The summed E-state index contributed by atoms with van der Waals surface area (Å²) in [4.78, 5) is 2.32. The van der Waals surface area contributed by atoms with E-state index in [1.807, 2.05) is 24.3 Å². The summed E-state index contributed by atoms with van der Waals surface area (Å²) in [5.41, 5.74) is 7.89. The molecule has 1 aliphatic rings. The Balaban J connectivity index is 1.66. The quantitative estimate of drug-likeness (QED) is 0.919. The van der Waals surface area contributed by atoms with Gasteiger partial charge in [-0.1, -0.05) is 17.7 Å². The fraction of sp³-hybridized carbons (Fsp3) is 0.467. The second-order valence-corrected chi connectivity index (χ2v) is 5.49. The summed E-state index contributed by atoms with van der Waals surface area (Å²) in [5, 5.41) is 8.27. The van der Waals surface area contributed by atoms with E-state index in [2.05, 4.69) is 22.0 Å². The van der Waals surface area contributed by atoms with Crippen LogP contribution in [0.1, 0.15) is 17.9 Å². The highest BCUT2D eigenvalue weighted by Gasteiger charge is 2.22. The van der Waals surface area contributed by atoms with Gasteiger partial charge in [0.15, 0.2) is 0 Å². The molecular weight excluding hydrogens is 252 g/mol. The minimum atomic E-state index is 0.592. The van der Waals surface area contributed by atoms with Crippen LogP contribution >= 0.6 is 0 Å². The van der Waals surface area contributed by atoms with Crippen LogP contribution in [0.3, 0.4) is 0 Å². The molecule has 2 aromatic rings. The van der Waals surface area contributed by atoms with Crippen molar-refractivity contribution in [1.29, 1.82) is 0 Å².